The topological polar surface area (TPSA) is 46.9 Å². The lowest BCUT2D eigenvalue weighted by molar-refractivity contribution is 0.102. The first kappa shape index (κ1) is 16.6. The number of nitrogens with zero attached hydrogens (tertiary/aromatic N) is 2. The van der Waals surface area contributed by atoms with E-state index in [2.05, 4.69) is 10.4 Å². The number of rotatable bonds is 4. The molecular formula is C18H15Cl2N3O. The Balaban J connectivity index is 1.85. The second-order valence-corrected chi connectivity index (χ2v) is 6.24. The maximum atomic E-state index is 12.5. The number of hydrogen-bond donors (Lipinski definition) is 1. The quantitative estimate of drug-likeness (QED) is 0.727. The minimum absolute atomic E-state index is 0.322. The van der Waals surface area contributed by atoms with Gasteiger partial charge in [-0.2, -0.15) is 5.10 Å². The molecule has 0 saturated heterocycles. The molecule has 0 fully saturated rings. The van der Waals surface area contributed by atoms with Crippen molar-refractivity contribution in [3.8, 4) is 0 Å². The predicted molar refractivity (Wildman–Crippen MR) is 96.9 cm³/mol. The fourth-order valence-corrected chi connectivity index (χ4v) is 2.75. The lowest BCUT2D eigenvalue weighted by Crippen LogP contribution is -2.16. The van der Waals surface area contributed by atoms with Gasteiger partial charge in [0.15, 0.2) is 0 Å². The molecular weight excluding hydrogens is 345 g/mol. The highest BCUT2D eigenvalue weighted by molar-refractivity contribution is 6.36. The van der Waals surface area contributed by atoms with Crippen molar-refractivity contribution in [2.75, 3.05) is 5.32 Å². The standard InChI is InChI=1S/C18H15Cl2N3O/c1-12-9-17(23(22-12)11-13-5-3-2-4-6-13)21-18(24)15-10-14(19)7-8-16(15)20/h2-10H,11H2,1H3,(H,21,24). The van der Waals surface area contributed by atoms with Crippen LogP contribution in [-0.2, 0) is 6.54 Å². The number of anilines is 1. The fraction of sp³-hybridized carbons (Fsp3) is 0.111. The van der Waals surface area contributed by atoms with Crippen LogP contribution in [0.4, 0.5) is 5.82 Å². The van der Waals surface area contributed by atoms with Gasteiger partial charge in [-0.25, -0.2) is 4.68 Å². The van der Waals surface area contributed by atoms with E-state index in [1.807, 2.05) is 43.3 Å². The van der Waals surface area contributed by atoms with Crippen molar-refractivity contribution in [2.45, 2.75) is 13.5 Å². The summed E-state index contributed by atoms with van der Waals surface area (Å²) in [5.74, 6) is 0.286. The van der Waals surface area contributed by atoms with Crippen LogP contribution in [0.1, 0.15) is 21.6 Å². The monoisotopic (exact) mass is 359 g/mol. The van der Waals surface area contributed by atoms with Crippen molar-refractivity contribution in [2.24, 2.45) is 0 Å². The van der Waals surface area contributed by atoms with Crippen molar-refractivity contribution in [1.29, 1.82) is 0 Å². The lowest BCUT2D eigenvalue weighted by atomic mass is 10.2. The molecule has 1 N–H and O–H groups in total. The molecule has 122 valence electrons. The third-order valence-corrected chi connectivity index (χ3v) is 4.06. The summed E-state index contributed by atoms with van der Waals surface area (Å²) in [4.78, 5) is 12.5. The van der Waals surface area contributed by atoms with Gasteiger partial charge in [-0.05, 0) is 30.7 Å². The number of hydrogen-bond acceptors (Lipinski definition) is 2. The summed E-state index contributed by atoms with van der Waals surface area (Å²) < 4.78 is 1.75. The Morgan fingerprint density at radius 1 is 1.12 bits per heavy atom. The van der Waals surface area contributed by atoms with Gasteiger partial charge in [0.2, 0.25) is 0 Å². The van der Waals surface area contributed by atoms with E-state index in [0.29, 0.717) is 28.0 Å². The van der Waals surface area contributed by atoms with Crippen LogP contribution in [0.25, 0.3) is 0 Å². The van der Waals surface area contributed by atoms with E-state index in [4.69, 9.17) is 23.2 Å². The number of carbonyl (C=O) groups excluding carboxylic acids is 1. The summed E-state index contributed by atoms with van der Waals surface area (Å²) in [5.41, 5.74) is 2.24. The lowest BCUT2D eigenvalue weighted by Gasteiger charge is -2.10. The Morgan fingerprint density at radius 3 is 2.62 bits per heavy atom. The van der Waals surface area contributed by atoms with E-state index in [0.717, 1.165) is 11.3 Å². The average molecular weight is 360 g/mol. The summed E-state index contributed by atoms with van der Waals surface area (Å²) in [6, 6.07) is 16.5. The van der Waals surface area contributed by atoms with Crippen LogP contribution < -0.4 is 5.32 Å². The van der Waals surface area contributed by atoms with Gasteiger partial charge in [0.25, 0.3) is 5.91 Å². The van der Waals surface area contributed by atoms with Crippen molar-refractivity contribution >= 4 is 34.9 Å². The molecule has 0 radical (unpaired) electrons. The molecule has 0 bridgehead atoms. The van der Waals surface area contributed by atoms with Gasteiger partial charge >= 0.3 is 0 Å². The van der Waals surface area contributed by atoms with Gasteiger partial charge in [-0.1, -0.05) is 53.5 Å². The molecule has 1 heterocycles. The van der Waals surface area contributed by atoms with Crippen LogP contribution in [0.2, 0.25) is 10.0 Å². The Hall–Kier alpha value is -2.30. The molecule has 0 aliphatic heterocycles. The van der Waals surface area contributed by atoms with Crippen molar-refractivity contribution < 1.29 is 4.79 Å². The minimum Gasteiger partial charge on any atom is -0.307 e. The molecule has 0 unspecified atom stereocenters. The van der Waals surface area contributed by atoms with E-state index in [-0.39, 0.29) is 5.91 Å². The Morgan fingerprint density at radius 2 is 1.88 bits per heavy atom. The molecule has 0 aliphatic rings. The van der Waals surface area contributed by atoms with Crippen LogP contribution in [0, 0.1) is 6.92 Å². The average Bonchev–Trinajstić information content (AvgIpc) is 2.90. The molecule has 0 spiro atoms. The van der Waals surface area contributed by atoms with Crippen LogP contribution in [0.3, 0.4) is 0 Å². The number of halogens is 2. The van der Waals surface area contributed by atoms with Crippen LogP contribution >= 0.6 is 23.2 Å². The Bertz CT molecular complexity index is 875. The van der Waals surface area contributed by atoms with Gasteiger partial charge in [-0.3, -0.25) is 4.79 Å². The van der Waals surface area contributed by atoms with E-state index < -0.39 is 0 Å². The van der Waals surface area contributed by atoms with E-state index >= 15 is 0 Å². The smallest absolute Gasteiger partial charge is 0.258 e. The van der Waals surface area contributed by atoms with Gasteiger partial charge in [0.05, 0.1) is 22.8 Å². The largest absolute Gasteiger partial charge is 0.307 e. The fourth-order valence-electron chi connectivity index (χ4n) is 2.38. The summed E-state index contributed by atoms with van der Waals surface area (Å²) in [6.45, 7) is 2.44. The van der Waals surface area contributed by atoms with Crippen molar-refractivity contribution in [3.63, 3.8) is 0 Å². The first-order valence-corrected chi connectivity index (χ1v) is 8.13. The molecule has 3 rings (SSSR count). The van der Waals surface area contributed by atoms with Crippen LogP contribution in [0.5, 0.6) is 0 Å². The maximum Gasteiger partial charge on any atom is 0.258 e. The van der Waals surface area contributed by atoms with Crippen LogP contribution in [0.15, 0.2) is 54.6 Å². The molecule has 4 nitrogen and oxygen atoms in total. The Kier molecular flexibility index (Phi) is 4.88. The third-order valence-electron chi connectivity index (χ3n) is 3.49. The summed E-state index contributed by atoms with van der Waals surface area (Å²) in [5, 5.41) is 8.10. The number of aryl methyl sites for hydroxylation is 1. The number of carbonyl (C=O) groups is 1. The summed E-state index contributed by atoms with van der Waals surface area (Å²) in [6.07, 6.45) is 0. The van der Waals surface area contributed by atoms with E-state index in [1.165, 1.54) is 0 Å². The Labute approximate surface area is 150 Å². The zero-order valence-electron chi connectivity index (χ0n) is 13.0. The number of benzene rings is 2. The molecule has 2 aromatic carbocycles. The highest BCUT2D eigenvalue weighted by atomic mass is 35.5. The second-order valence-electron chi connectivity index (χ2n) is 5.39. The first-order chi connectivity index (χ1) is 11.5. The minimum atomic E-state index is -0.322. The van der Waals surface area contributed by atoms with E-state index in [9.17, 15) is 4.79 Å². The molecule has 0 atom stereocenters. The highest BCUT2D eigenvalue weighted by Crippen LogP contribution is 2.22. The maximum absolute atomic E-state index is 12.5. The van der Waals surface area contributed by atoms with Gasteiger partial charge < -0.3 is 5.32 Å². The number of aromatic nitrogens is 2. The van der Waals surface area contributed by atoms with Gasteiger partial charge in [0.1, 0.15) is 5.82 Å². The molecule has 3 aromatic rings. The molecule has 1 amide bonds. The molecule has 24 heavy (non-hydrogen) atoms. The van der Waals surface area contributed by atoms with Crippen molar-refractivity contribution in [1.82, 2.24) is 9.78 Å². The molecule has 1 aromatic heterocycles. The van der Waals surface area contributed by atoms with Gasteiger partial charge in [0, 0.05) is 11.1 Å². The van der Waals surface area contributed by atoms with Gasteiger partial charge in [-0.15, -0.1) is 0 Å². The first-order valence-electron chi connectivity index (χ1n) is 7.38. The third kappa shape index (κ3) is 3.78. The molecule has 0 aliphatic carbocycles. The molecule has 6 heteroatoms. The zero-order valence-corrected chi connectivity index (χ0v) is 14.5. The SMILES string of the molecule is Cc1cc(NC(=O)c2cc(Cl)ccc2Cl)n(Cc2ccccc2)n1. The second kappa shape index (κ2) is 7.07. The normalized spacial score (nSPS) is 10.6. The predicted octanol–water partition coefficient (Wildman–Crippen LogP) is 4.80. The summed E-state index contributed by atoms with van der Waals surface area (Å²) >= 11 is 12.0. The highest BCUT2D eigenvalue weighted by Gasteiger charge is 2.14. The van der Waals surface area contributed by atoms with E-state index in [1.54, 1.807) is 22.9 Å². The zero-order chi connectivity index (χ0) is 17.1. The summed E-state index contributed by atoms with van der Waals surface area (Å²) in [7, 11) is 0. The molecule has 0 saturated carbocycles. The van der Waals surface area contributed by atoms with Crippen LogP contribution in [-0.4, -0.2) is 15.7 Å². The number of amides is 1. The van der Waals surface area contributed by atoms with Crippen molar-refractivity contribution in [3.05, 3.63) is 81.5 Å². The number of nitrogens with one attached hydrogen (secondary N) is 1.